The fourth-order valence-electron chi connectivity index (χ4n) is 1.82. The summed E-state index contributed by atoms with van der Waals surface area (Å²) in [5.41, 5.74) is 0.749. The Morgan fingerprint density at radius 2 is 1.94 bits per heavy atom. The van der Waals surface area contributed by atoms with E-state index in [0.29, 0.717) is 6.54 Å². The number of piperazine rings is 1. The van der Waals surface area contributed by atoms with Crippen molar-refractivity contribution < 1.29 is 9.90 Å². The van der Waals surface area contributed by atoms with Gasteiger partial charge in [0, 0.05) is 12.1 Å². The third-order valence-corrected chi connectivity index (χ3v) is 2.73. The standard InChI is InChI=1S/C12H16N2O2/c1-12(2)7-13-11(16)10(14-12)8-3-5-9(15)6-4-8/h3-6,10,14-15H,7H2,1-2H3,(H,13,16). The van der Waals surface area contributed by atoms with Gasteiger partial charge in [0.25, 0.3) is 0 Å². The quantitative estimate of drug-likeness (QED) is 0.660. The number of nitrogens with one attached hydrogen (secondary N) is 2. The molecule has 0 saturated carbocycles. The van der Waals surface area contributed by atoms with Gasteiger partial charge in [-0.1, -0.05) is 12.1 Å². The maximum absolute atomic E-state index is 11.7. The molecule has 1 aromatic rings. The second kappa shape index (κ2) is 3.79. The lowest BCUT2D eigenvalue weighted by Gasteiger charge is -2.37. The van der Waals surface area contributed by atoms with E-state index >= 15 is 0 Å². The number of phenolic OH excluding ortho intramolecular Hbond substituents is 1. The highest BCUT2D eigenvalue weighted by Gasteiger charge is 2.33. The molecule has 1 aliphatic rings. The van der Waals surface area contributed by atoms with Crippen molar-refractivity contribution in [2.45, 2.75) is 25.4 Å². The highest BCUT2D eigenvalue weighted by atomic mass is 16.3. The first-order chi connectivity index (χ1) is 7.48. The lowest BCUT2D eigenvalue weighted by Crippen LogP contribution is -2.59. The zero-order chi connectivity index (χ0) is 11.8. The molecule has 0 aromatic heterocycles. The first-order valence-electron chi connectivity index (χ1n) is 5.32. The van der Waals surface area contributed by atoms with Crippen LogP contribution < -0.4 is 10.6 Å². The molecule has 1 amide bonds. The van der Waals surface area contributed by atoms with Crippen molar-refractivity contribution in [1.82, 2.24) is 10.6 Å². The first kappa shape index (κ1) is 11.0. The van der Waals surface area contributed by atoms with Gasteiger partial charge in [-0.2, -0.15) is 0 Å². The maximum Gasteiger partial charge on any atom is 0.241 e. The van der Waals surface area contributed by atoms with Gasteiger partial charge in [0.05, 0.1) is 0 Å². The molecule has 1 atom stereocenters. The molecule has 0 aliphatic carbocycles. The summed E-state index contributed by atoms with van der Waals surface area (Å²) >= 11 is 0. The number of carbonyl (C=O) groups is 1. The predicted octanol–water partition coefficient (Wildman–Crippen LogP) is 0.931. The van der Waals surface area contributed by atoms with Gasteiger partial charge in [0.2, 0.25) is 5.91 Å². The van der Waals surface area contributed by atoms with E-state index < -0.39 is 0 Å². The summed E-state index contributed by atoms with van der Waals surface area (Å²) < 4.78 is 0. The second-order valence-corrected chi connectivity index (χ2v) is 4.77. The third kappa shape index (κ3) is 2.17. The fourth-order valence-corrected chi connectivity index (χ4v) is 1.82. The molecule has 0 radical (unpaired) electrons. The number of phenols is 1. The molecular weight excluding hydrogens is 204 g/mol. The highest BCUT2D eigenvalue weighted by Crippen LogP contribution is 2.22. The van der Waals surface area contributed by atoms with E-state index in [-0.39, 0.29) is 23.2 Å². The molecule has 1 aromatic carbocycles. The van der Waals surface area contributed by atoms with Crippen LogP contribution in [-0.4, -0.2) is 23.1 Å². The van der Waals surface area contributed by atoms with Crippen LogP contribution in [0.5, 0.6) is 5.75 Å². The van der Waals surface area contributed by atoms with E-state index in [1.807, 2.05) is 13.8 Å². The molecule has 2 rings (SSSR count). The molecule has 1 heterocycles. The Bertz CT molecular complexity index is 398. The van der Waals surface area contributed by atoms with Crippen LogP contribution in [0.4, 0.5) is 0 Å². The van der Waals surface area contributed by atoms with E-state index in [1.165, 1.54) is 0 Å². The van der Waals surface area contributed by atoms with Crippen molar-refractivity contribution in [2.75, 3.05) is 6.54 Å². The monoisotopic (exact) mass is 220 g/mol. The highest BCUT2D eigenvalue weighted by molar-refractivity contribution is 5.84. The van der Waals surface area contributed by atoms with Gasteiger partial charge in [-0.15, -0.1) is 0 Å². The van der Waals surface area contributed by atoms with Crippen LogP contribution in [-0.2, 0) is 4.79 Å². The maximum atomic E-state index is 11.7. The van der Waals surface area contributed by atoms with Crippen LogP contribution >= 0.6 is 0 Å². The normalized spacial score (nSPS) is 23.9. The number of aromatic hydroxyl groups is 1. The number of benzene rings is 1. The molecule has 3 N–H and O–H groups in total. The molecule has 4 heteroatoms. The predicted molar refractivity (Wildman–Crippen MR) is 61.1 cm³/mol. The van der Waals surface area contributed by atoms with Gasteiger partial charge in [-0.25, -0.2) is 0 Å². The molecule has 1 unspecified atom stereocenters. The Hall–Kier alpha value is -1.55. The number of carbonyl (C=O) groups excluding carboxylic acids is 1. The molecule has 1 aliphatic heterocycles. The summed E-state index contributed by atoms with van der Waals surface area (Å²) in [4.78, 5) is 11.7. The van der Waals surface area contributed by atoms with E-state index in [2.05, 4.69) is 10.6 Å². The molecule has 1 saturated heterocycles. The Morgan fingerprint density at radius 3 is 2.56 bits per heavy atom. The summed E-state index contributed by atoms with van der Waals surface area (Å²) in [5, 5.41) is 15.4. The molecule has 86 valence electrons. The van der Waals surface area contributed by atoms with Crippen molar-refractivity contribution in [1.29, 1.82) is 0 Å². The van der Waals surface area contributed by atoms with Gasteiger partial charge < -0.3 is 10.4 Å². The number of amides is 1. The van der Waals surface area contributed by atoms with E-state index in [9.17, 15) is 9.90 Å². The largest absolute Gasteiger partial charge is 0.508 e. The Morgan fingerprint density at radius 1 is 1.31 bits per heavy atom. The molecule has 0 spiro atoms. The SMILES string of the molecule is CC1(C)CNC(=O)C(c2ccc(O)cc2)N1. The van der Waals surface area contributed by atoms with Crippen molar-refractivity contribution in [3.05, 3.63) is 29.8 Å². The smallest absolute Gasteiger partial charge is 0.241 e. The lowest BCUT2D eigenvalue weighted by molar-refractivity contribution is -0.126. The first-order valence-corrected chi connectivity index (χ1v) is 5.32. The van der Waals surface area contributed by atoms with Crippen LogP contribution in [0, 0.1) is 0 Å². The van der Waals surface area contributed by atoms with Crippen LogP contribution in [0.3, 0.4) is 0 Å². The number of rotatable bonds is 1. The zero-order valence-corrected chi connectivity index (χ0v) is 9.45. The van der Waals surface area contributed by atoms with E-state index in [4.69, 9.17) is 0 Å². The van der Waals surface area contributed by atoms with E-state index in [0.717, 1.165) is 5.56 Å². The summed E-state index contributed by atoms with van der Waals surface area (Å²) in [5.74, 6) is 0.184. The van der Waals surface area contributed by atoms with Gasteiger partial charge in [-0.3, -0.25) is 10.1 Å². The summed E-state index contributed by atoms with van der Waals surface area (Å²) in [6, 6.07) is 6.35. The van der Waals surface area contributed by atoms with Crippen molar-refractivity contribution in [3.63, 3.8) is 0 Å². The van der Waals surface area contributed by atoms with E-state index in [1.54, 1.807) is 24.3 Å². The van der Waals surface area contributed by atoms with Gasteiger partial charge in [-0.05, 0) is 31.5 Å². The average Bonchev–Trinajstić information content (AvgIpc) is 2.23. The molecule has 1 fully saturated rings. The van der Waals surface area contributed by atoms with Crippen LogP contribution in [0.1, 0.15) is 25.5 Å². The van der Waals surface area contributed by atoms with Gasteiger partial charge >= 0.3 is 0 Å². The number of hydrogen-bond donors (Lipinski definition) is 3. The van der Waals surface area contributed by atoms with Crippen molar-refractivity contribution in [3.8, 4) is 5.75 Å². The lowest BCUT2D eigenvalue weighted by atomic mass is 9.96. The van der Waals surface area contributed by atoms with Crippen LogP contribution in [0.15, 0.2) is 24.3 Å². The second-order valence-electron chi connectivity index (χ2n) is 4.77. The minimum Gasteiger partial charge on any atom is -0.508 e. The molecule has 4 nitrogen and oxygen atoms in total. The topological polar surface area (TPSA) is 61.4 Å². The Labute approximate surface area is 94.7 Å². The van der Waals surface area contributed by atoms with Crippen molar-refractivity contribution in [2.24, 2.45) is 0 Å². The molecule has 16 heavy (non-hydrogen) atoms. The van der Waals surface area contributed by atoms with Gasteiger partial charge in [0.15, 0.2) is 0 Å². The Kier molecular flexibility index (Phi) is 2.59. The summed E-state index contributed by atoms with van der Waals surface area (Å²) in [6.07, 6.45) is 0. The minimum atomic E-state index is -0.343. The summed E-state index contributed by atoms with van der Waals surface area (Å²) in [7, 11) is 0. The Balaban J connectivity index is 2.25. The van der Waals surface area contributed by atoms with Gasteiger partial charge in [0.1, 0.15) is 11.8 Å². The third-order valence-electron chi connectivity index (χ3n) is 2.73. The van der Waals surface area contributed by atoms with Crippen LogP contribution in [0.25, 0.3) is 0 Å². The number of hydrogen-bond acceptors (Lipinski definition) is 3. The molecule has 0 bridgehead atoms. The fraction of sp³-hybridized carbons (Fsp3) is 0.417. The van der Waals surface area contributed by atoms with Crippen LogP contribution in [0.2, 0.25) is 0 Å². The van der Waals surface area contributed by atoms with Crippen molar-refractivity contribution >= 4 is 5.91 Å². The zero-order valence-electron chi connectivity index (χ0n) is 9.45. The molecular formula is C12H16N2O2. The minimum absolute atomic E-state index is 0.0231. The summed E-state index contributed by atoms with van der Waals surface area (Å²) in [6.45, 7) is 4.71. The average molecular weight is 220 g/mol.